The van der Waals surface area contributed by atoms with Crippen LogP contribution >= 0.6 is 11.3 Å². The van der Waals surface area contributed by atoms with Gasteiger partial charge in [0, 0.05) is 6.54 Å². The molecule has 0 saturated carbocycles. The molecule has 2 aromatic rings. The number of rotatable bonds is 6. The summed E-state index contributed by atoms with van der Waals surface area (Å²) in [4.78, 5) is 11.7. The van der Waals surface area contributed by atoms with Crippen LogP contribution in [0.5, 0.6) is 0 Å². The molecule has 0 aliphatic heterocycles. The predicted octanol–water partition coefficient (Wildman–Crippen LogP) is 2.34. The van der Waals surface area contributed by atoms with E-state index in [1.54, 1.807) is 24.4 Å². The van der Waals surface area contributed by atoms with Crippen LogP contribution in [-0.2, 0) is 21.3 Å². The molecule has 0 N–H and O–H groups in total. The van der Waals surface area contributed by atoms with Crippen LogP contribution in [-0.4, -0.2) is 32.3 Å². The SMILES string of the molecule is CCN(Cc1ccco1)S(=O)(=O)c1ccsc1C(=O)OC. The molecule has 0 unspecified atom stereocenters. The Labute approximate surface area is 127 Å². The number of sulfonamides is 1. The van der Waals surface area contributed by atoms with E-state index in [1.807, 2.05) is 0 Å². The predicted molar refractivity (Wildman–Crippen MR) is 77.6 cm³/mol. The lowest BCUT2D eigenvalue weighted by atomic mass is 10.4. The van der Waals surface area contributed by atoms with Crippen molar-refractivity contribution < 1.29 is 22.4 Å². The van der Waals surface area contributed by atoms with Gasteiger partial charge in [-0.2, -0.15) is 4.31 Å². The van der Waals surface area contributed by atoms with Gasteiger partial charge in [-0.3, -0.25) is 0 Å². The summed E-state index contributed by atoms with van der Waals surface area (Å²) in [6.45, 7) is 2.10. The van der Waals surface area contributed by atoms with Gasteiger partial charge in [-0.15, -0.1) is 11.3 Å². The Bertz CT molecular complexity index is 703. The summed E-state index contributed by atoms with van der Waals surface area (Å²) in [6.07, 6.45) is 1.49. The van der Waals surface area contributed by atoms with Gasteiger partial charge in [0.2, 0.25) is 10.0 Å². The minimum atomic E-state index is -3.79. The van der Waals surface area contributed by atoms with Gasteiger partial charge in [0.15, 0.2) is 0 Å². The second-order valence-electron chi connectivity index (χ2n) is 4.12. The maximum atomic E-state index is 12.7. The van der Waals surface area contributed by atoms with Gasteiger partial charge in [-0.05, 0) is 23.6 Å². The highest BCUT2D eigenvalue weighted by Crippen LogP contribution is 2.26. The van der Waals surface area contributed by atoms with Gasteiger partial charge in [0.25, 0.3) is 0 Å². The fourth-order valence-corrected chi connectivity index (χ4v) is 4.55. The third-order valence-corrected chi connectivity index (χ3v) is 5.87. The number of hydrogen-bond donors (Lipinski definition) is 0. The molecule has 0 saturated heterocycles. The maximum Gasteiger partial charge on any atom is 0.349 e. The minimum absolute atomic E-state index is 0.0345. The molecule has 0 atom stereocenters. The number of carbonyl (C=O) groups is 1. The van der Waals surface area contributed by atoms with E-state index in [-0.39, 0.29) is 22.9 Å². The van der Waals surface area contributed by atoms with E-state index in [1.165, 1.54) is 23.7 Å². The molecule has 0 aromatic carbocycles. The molecule has 0 spiro atoms. The number of carbonyl (C=O) groups excluding carboxylic acids is 1. The number of methoxy groups -OCH3 is 1. The average Bonchev–Trinajstić information content (AvgIpc) is 3.14. The molecular weight excluding hydrogens is 314 g/mol. The third kappa shape index (κ3) is 3.17. The van der Waals surface area contributed by atoms with Crippen molar-refractivity contribution in [2.24, 2.45) is 0 Å². The highest BCUT2D eigenvalue weighted by molar-refractivity contribution is 7.89. The zero-order valence-corrected chi connectivity index (χ0v) is 13.2. The summed E-state index contributed by atoms with van der Waals surface area (Å²) >= 11 is 1.04. The van der Waals surface area contributed by atoms with Gasteiger partial charge in [0.05, 0.1) is 19.9 Å². The Balaban J connectivity index is 2.36. The molecule has 0 radical (unpaired) electrons. The monoisotopic (exact) mass is 329 g/mol. The highest BCUT2D eigenvalue weighted by Gasteiger charge is 2.30. The second-order valence-corrected chi connectivity index (χ2v) is 6.94. The average molecular weight is 329 g/mol. The van der Waals surface area contributed by atoms with Gasteiger partial charge in [-0.25, -0.2) is 13.2 Å². The van der Waals surface area contributed by atoms with Gasteiger partial charge >= 0.3 is 5.97 Å². The Morgan fingerprint density at radius 3 is 2.76 bits per heavy atom. The Morgan fingerprint density at radius 1 is 1.43 bits per heavy atom. The molecule has 2 rings (SSSR count). The zero-order valence-electron chi connectivity index (χ0n) is 11.6. The lowest BCUT2D eigenvalue weighted by Crippen LogP contribution is -2.31. The summed E-state index contributed by atoms with van der Waals surface area (Å²) in [6, 6.07) is 4.81. The molecule has 8 heteroatoms. The van der Waals surface area contributed by atoms with Crippen molar-refractivity contribution >= 4 is 27.3 Å². The van der Waals surface area contributed by atoms with E-state index in [4.69, 9.17) is 4.42 Å². The molecule has 6 nitrogen and oxygen atoms in total. The van der Waals surface area contributed by atoms with Gasteiger partial charge < -0.3 is 9.15 Å². The van der Waals surface area contributed by atoms with Crippen molar-refractivity contribution in [3.05, 3.63) is 40.5 Å². The van der Waals surface area contributed by atoms with Crippen LogP contribution in [0.3, 0.4) is 0 Å². The molecule has 0 amide bonds. The van der Waals surface area contributed by atoms with Crippen LogP contribution in [0.15, 0.2) is 39.2 Å². The second kappa shape index (κ2) is 6.42. The van der Waals surface area contributed by atoms with Gasteiger partial charge in [0.1, 0.15) is 15.5 Å². The van der Waals surface area contributed by atoms with Crippen molar-refractivity contribution in [2.45, 2.75) is 18.4 Å². The number of nitrogens with zero attached hydrogens (tertiary/aromatic N) is 1. The minimum Gasteiger partial charge on any atom is -0.468 e. The molecule has 2 aromatic heterocycles. The normalized spacial score (nSPS) is 11.8. The molecule has 2 heterocycles. The number of ether oxygens (including phenoxy) is 1. The fourth-order valence-electron chi connectivity index (χ4n) is 1.82. The number of hydrogen-bond acceptors (Lipinski definition) is 6. The van der Waals surface area contributed by atoms with E-state index < -0.39 is 16.0 Å². The summed E-state index contributed by atoms with van der Waals surface area (Å²) < 4.78 is 36.4. The lowest BCUT2D eigenvalue weighted by molar-refractivity contribution is 0.0602. The van der Waals surface area contributed by atoms with Crippen LogP contribution in [0.1, 0.15) is 22.4 Å². The van der Waals surface area contributed by atoms with Crippen LogP contribution in [0.4, 0.5) is 0 Å². The first-order valence-corrected chi connectivity index (χ1v) is 8.51. The maximum absolute atomic E-state index is 12.7. The summed E-state index contributed by atoms with van der Waals surface area (Å²) in [5.41, 5.74) is 0. The van der Waals surface area contributed by atoms with Crippen molar-refractivity contribution in [3.8, 4) is 0 Å². The third-order valence-electron chi connectivity index (χ3n) is 2.88. The Morgan fingerprint density at radius 2 is 2.19 bits per heavy atom. The van der Waals surface area contributed by atoms with E-state index in [2.05, 4.69) is 4.74 Å². The van der Waals surface area contributed by atoms with E-state index >= 15 is 0 Å². The first kappa shape index (κ1) is 15.7. The van der Waals surface area contributed by atoms with Crippen LogP contribution in [0, 0.1) is 0 Å². The van der Waals surface area contributed by atoms with Crippen LogP contribution < -0.4 is 0 Å². The van der Waals surface area contributed by atoms with E-state index in [0.29, 0.717) is 5.76 Å². The van der Waals surface area contributed by atoms with Gasteiger partial charge in [-0.1, -0.05) is 6.92 Å². The molecular formula is C13H15NO5S2. The molecule has 21 heavy (non-hydrogen) atoms. The van der Waals surface area contributed by atoms with Crippen molar-refractivity contribution in [3.63, 3.8) is 0 Å². The first-order valence-electron chi connectivity index (χ1n) is 6.19. The Hall–Kier alpha value is -1.64. The smallest absolute Gasteiger partial charge is 0.349 e. The van der Waals surface area contributed by atoms with Crippen LogP contribution in [0.25, 0.3) is 0 Å². The number of furan rings is 1. The molecule has 0 fully saturated rings. The van der Waals surface area contributed by atoms with Crippen molar-refractivity contribution in [2.75, 3.05) is 13.7 Å². The zero-order chi connectivity index (χ0) is 15.5. The Kier molecular flexibility index (Phi) is 4.81. The largest absolute Gasteiger partial charge is 0.468 e. The van der Waals surface area contributed by atoms with Crippen molar-refractivity contribution in [1.82, 2.24) is 4.31 Å². The quantitative estimate of drug-likeness (QED) is 0.760. The fraction of sp³-hybridized carbons (Fsp3) is 0.308. The molecule has 0 aliphatic rings. The first-order chi connectivity index (χ1) is 10.0. The summed E-state index contributed by atoms with van der Waals surface area (Å²) in [5.74, 6) is -0.118. The molecule has 0 bridgehead atoms. The molecule has 114 valence electrons. The lowest BCUT2D eigenvalue weighted by Gasteiger charge is -2.19. The van der Waals surface area contributed by atoms with E-state index in [9.17, 15) is 13.2 Å². The summed E-state index contributed by atoms with van der Waals surface area (Å²) in [7, 11) is -2.57. The topological polar surface area (TPSA) is 76.8 Å². The van der Waals surface area contributed by atoms with E-state index in [0.717, 1.165) is 11.3 Å². The summed E-state index contributed by atoms with van der Waals surface area (Å²) in [5, 5.41) is 1.56. The number of thiophene rings is 1. The standard InChI is InChI=1S/C13H15NO5S2/c1-3-14(9-10-5-4-7-19-10)21(16,17)11-6-8-20-12(11)13(15)18-2/h4-8H,3,9H2,1-2H3. The number of esters is 1. The van der Waals surface area contributed by atoms with Crippen LogP contribution in [0.2, 0.25) is 0 Å². The highest BCUT2D eigenvalue weighted by atomic mass is 32.2. The molecule has 0 aliphatic carbocycles. The van der Waals surface area contributed by atoms with Crippen molar-refractivity contribution in [1.29, 1.82) is 0 Å².